The molecule has 77 heavy (non-hydrogen) atoms. The van der Waals surface area contributed by atoms with Gasteiger partial charge in [-0.3, -0.25) is 14.4 Å². The van der Waals surface area contributed by atoms with Gasteiger partial charge in [-0.05, 0) is 109 Å². The Morgan fingerprint density at radius 1 is 0.260 bits per heavy atom. The molecule has 0 heterocycles. The van der Waals surface area contributed by atoms with Gasteiger partial charge in [0.25, 0.3) is 0 Å². The first-order chi connectivity index (χ1) is 38.0. The molecule has 6 nitrogen and oxygen atoms in total. The number of ether oxygens (including phenoxy) is 3. The van der Waals surface area contributed by atoms with Crippen molar-refractivity contribution in [1.82, 2.24) is 0 Å². The Labute approximate surface area is 479 Å². The monoisotopic (exact) mass is 1080 g/mol. The summed E-state index contributed by atoms with van der Waals surface area (Å²) >= 11 is 0. The van der Waals surface area contributed by atoms with E-state index in [-0.39, 0.29) is 31.1 Å². The molecular formula is C71H128O6. The number of esters is 3. The van der Waals surface area contributed by atoms with Crippen LogP contribution in [0.5, 0.6) is 0 Å². The van der Waals surface area contributed by atoms with Gasteiger partial charge in [0, 0.05) is 19.3 Å². The van der Waals surface area contributed by atoms with Crippen molar-refractivity contribution < 1.29 is 28.6 Å². The molecular weight excluding hydrogens is 949 g/mol. The van der Waals surface area contributed by atoms with Crippen LogP contribution in [0.15, 0.2) is 60.8 Å². The minimum Gasteiger partial charge on any atom is -0.462 e. The predicted octanol–water partition coefficient (Wildman–Crippen LogP) is 23.1. The number of hydrogen-bond acceptors (Lipinski definition) is 6. The zero-order chi connectivity index (χ0) is 55.7. The fraction of sp³-hybridized carbons (Fsp3) is 0.817. The van der Waals surface area contributed by atoms with Crippen LogP contribution < -0.4 is 0 Å². The molecule has 1 atom stereocenters. The molecule has 448 valence electrons. The largest absolute Gasteiger partial charge is 0.462 e. The summed E-state index contributed by atoms with van der Waals surface area (Å²) in [6, 6.07) is 0. The van der Waals surface area contributed by atoms with E-state index in [1.54, 1.807) is 0 Å². The van der Waals surface area contributed by atoms with Crippen molar-refractivity contribution >= 4 is 17.9 Å². The second-order valence-corrected chi connectivity index (χ2v) is 22.7. The first-order valence-corrected chi connectivity index (χ1v) is 33.8. The highest BCUT2D eigenvalue weighted by molar-refractivity contribution is 5.71. The van der Waals surface area contributed by atoms with E-state index in [1.165, 1.54) is 218 Å². The van der Waals surface area contributed by atoms with Crippen LogP contribution in [0.2, 0.25) is 0 Å². The van der Waals surface area contributed by atoms with E-state index in [0.717, 1.165) is 96.3 Å². The summed E-state index contributed by atoms with van der Waals surface area (Å²) in [4.78, 5) is 38.3. The number of rotatable bonds is 62. The maximum Gasteiger partial charge on any atom is 0.306 e. The first-order valence-electron chi connectivity index (χ1n) is 33.8. The highest BCUT2D eigenvalue weighted by atomic mass is 16.6. The minimum absolute atomic E-state index is 0.0793. The maximum absolute atomic E-state index is 12.9. The summed E-state index contributed by atoms with van der Waals surface area (Å²) in [6.45, 7) is 6.61. The minimum atomic E-state index is -0.784. The van der Waals surface area contributed by atoms with Crippen LogP contribution in [0.1, 0.15) is 355 Å². The quantitative estimate of drug-likeness (QED) is 0.0261. The summed E-state index contributed by atoms with van der Waals surface area (Å²) in [5.74, 6) is -0.885. The lowest BCUT2D eigenvalue weighted by Gasteiger charge is -2.18. The van der Waals surface area contributed by atoms with E-state index in [9.17, 15) is 14.4 Å². The van der Waals surface area contributed by atoms with Gasteiger partial charge in [0.2, 0.25) is 0 Å². The second-order valence-electron chi connectivity index (χ2n) is 22.7. The molecule has 0 aliphatic rings. The van der Waals surface area contributed by atoms with Gasteiger partial charge < -0.3 is 14.2 Å². The lowest BCUT2D eigenvalue weighted by molar-refractivity contribution is -0.167. The Bertz CT molecular complexity index is 1380. The molecule has 0 rings (SSSR count). The molecule has 0 aliphatic heterocycles. The van der Waals surface area contributed by atoms with Crippen molar-refractivity contribution in [2.45, 2.75) is 361 Å². The molecule has 0 N–H and O–H groups in total. The van der Waals surface area contributed by atoms with Crippen LogP contribution in [0, 0.1) is 0 Å². The Kier molecular flexibility index (Phi) is 63.2. The standard InChI is InChI=1S/C71H128O6/c1-4-7-10-13-16-19-22-25-27-28-29-30-31-32-33-34-35-36-37-38-39-40-41-42-44-46-49-52-55-58-61-64-70(73)76-67-68(66-75-69(72)63-60-57-54-51-48-45-24-21-18-15-12-9-6-3)77-71(74)65-62-59-56-53-50-47-43-26-23-20-17-14-11-8-5-2/h17,20-22,24-26,28-29,43,68H,4-16,18-19,23,27,30-42,44-67H2,1-3H3/b20-17-,24-21-,25-22-,29-28-,43-26-. The smallest absolute Gasteiger partial charge is 0.306 e. The fourth-order valence-corrected chi connectivity index (χ4v) is 9.85. The van der Waals surface area contributed by atoms with Crippen molar-refractivity contribution in [1.29, 1.82) is 0 Å². The maximum atomic E-state index is 12.9. The average molecular weight is 1080 g/mol. The van der Waals surface area contributed by atoms with Crippen molar-refractivity contribution in [3.05, 3.63) is 60.8 Å². The number of allylic oxidation sites excluding steroid dienone is 10. The predicted molar refractivity (Wildman–Crippen MR) is 335 cm³/mol. The Morgan fingerprint density at radius 2 is 0.468 bits per heavy atom. The van der Waals surface area contributed by atoms with Gasteiger partial charge in [-0.2, -0.15) is 0 Å². The third-order valence-electron chi connectivity index (χ3n) is 15.0. The summed E-state index contributed by atoms with van der Waals surface area (Å²) in [5, 5.41) is 0. The van der Waals surface area contributed by atoms with Crippen molar-refractivity contribution in [2.75, 3.05) is 13.2 Å². The number of unbranched alkanes of at least 4 members (excludes halogenated alkanes) is 41. The molecule has 0 spiro atoms. The first kappa shape index (κ1) is 74.1. The van der Waals surface area contributed by atoms with E-state index >= 15 is 0 Å². The molecule has 0 bridgehead atoms. The Hall–Kier alpha value is -2.89. The van der Waals surface area contributed by atoms with E-state index in [0.29, 0.717) is 19.3 Å². The Balaban J connectivity index is 4.15. The molecule has 1 unspecified atom stereocenters. The van der Waals surface area contributed by atoms with Gasteiger partial charge in [-0.25, -0.2) is 0 Å². The lowest BCUT2D eigenvalue weighted by Crippen LogP contribution is -2.30. The number of carbonyl (C=O) groups is 3. The number of hydrogen-bond donors (Lipinski definition) is 0. The van der Waals surface area contributed by atoms with Gasteiger partial charge in [0.05, 0.1) is 0 Å². The summed E-state index contributed by atoms with van der Waals surface area (Å²) < 4.78 is 16.9. The highest BCUT2D eigenvalue weighted by Gasteiger charge is 2.19. The van der Waals surface area contributed by atoms with Gasteiger partial charge in [-0.1, -0.05) is 287 Å². The molecule has 0 saturated heterocycles. The normalized spacial score (nSPS) is 12.4. The SMILES string of the molecule is CCCCC/C=C\C/C=C\CCCCCCCC(=O)OC(COC(=O)CCCCCCC/C=C\CCCCCC)COC(=O)CCCCCCCCCCCCCCCCCCCCC/C=C\C/C=C\CCCCCCC. The van der Waals surface area contributed by atoms with Gasteiger partial charge in [0.15, 0.2) is 6.10 Å². The third-order valence-corrected chi connectivity index (χ3v) is 15.0. The lowest BCUT2D eigenvalue weighted by atomic mass is 10.0. The summed E-state index contributed by atoms with van der Waals surface area (Å²) in [5.41, 5.74) is 0. The van der Waals surface area contributed by atoms with Crippen LogP contribution in [-0.4, -0.2) is 37.2 Å². The highest BCUT2D eigenvalue weighted by Crippen LogP contribution is 2.17. The zero-order valence-electron chi connectivity index (χ0n) is 51.5. The molecule has 0 radical (unpaired) electrons. The molecule has 0 amide bonds. The van der Waals surface area contributed by atoms with Gasteiger partial charge >= 0.3 is 17.9 Å². The number of carbonyl (C=O) groups excluding carboxylic acids is 3. The van der Waals surface area contributed by atoms with Crippen molar-refractivity contribution in [3.63, 3.8) is 0 Å². The molecule has 0 aliphatic carbocycles. The molecule has 0 aromatic heterocycles. The van der Waals surface area contributed by atoms with Crippen molar-refractivity contribution in [3.8, 4) is 0 Å². The van der Waals surface area contributed by atoms with Gasteiger partial charge in [-0.15, -0.1) is 0 Å². The average Bonchev–Trinajstić information content (AvgIpc) is 3.43. The zero-order valence-corrected chi connectivity index (χ0v) is 51.5. The molecule has 0 aromatic rings. The fourth-order valence-electron chi connectivity index (χ4n) is 9.85. The molecule has 0 saturated carbocycles. The molecule has 0 aromatic carbocycles. The van der Waals surface area contributed by atoms with Crippen LogP contribution >= 0.6 is 0 Å². The van der Waals surface area contributed by atoms with Crippen LogP contribution in [0.25, 0.3) is 0 Å². The van der Waals surface area contributed by atoms with E-state index < -0.39 is 6.10 Å². The van der Waals surface area contributed by atoms with E-state index in [4.69, 9.17) is 14.2 Å². The Morgan fingerprint density at radius 3 is 0.766 bits per heavy atom. The van der Waals surface area contributed by atoms with Gasteiger partial charge in [0.1, 0.15) is 13.2 Å². The summed E-state index contributed by atoms with van der Waals surface area (Å²) in [6.07, 6.45) is 83.9. The topological polar surface area (TPSA) is 78.9 Å². The van der Waals surface area contributed by atoms with Crippen molar-refractivity contribution in [2.24, 2.45) is 0 Å². The molecule has 0 fully saturated rings. The van der Waals surface area contributed by atoms with Crippen LogP contribution in [0.3, 0.4) is 0 Å². The van der Waals surface area contributed by atoms with Crippen LogP contribution in [0.4, 0.5) is 0 Å². The van der Waals surface area contributed by atoms with E-state index in [2.05, 4.69) is 81.5 Å². The summed E-state index contributed by atoms with van der Waals surface area (Å²) in [7, 11) is 0. The van der Waals surface area contributed by atoms with Crippen LogP contribution in [-0.2, 0) is 28.6 Å². The third kappa shape index (κ3) is 63.8. The second kappa shape index (κ2) is 65.6. The molecule has 6 heteroatoms. The van der Waals surface area contributed by atoms with E-state index in [1.807, 2.05) is 0 Å².